The quantitative estimate of drug-likeness (QED) is 0.838. The number of unbranched alkanes of at least 4 members (excludes halogenated alkanes) is 1. The van der Waals surface area contributed by atoms with Gasteiger partial charge in [0, 0.05) is 26.1 Å². The molecule has 0 spiro atoms. The summed E-state index contributed by atoms with van der Waals surface area (Å²) in [5.74, 6) is 1.95. The lowest BCUT2D eigenvalue weighted by Crippen LogP contribution is -2.43. The molecule has 5 nitrogen and oxygen atoms in total. The van der Waals surface area contributed by atoms with Crippen molar-refractivity contribution in [1.82, 2.24) is 10.2 Å². The molecule has 1 atom stereocenters. The number of amides is 1. The third-order valence-corrected chi connectivity index (χ3v) is 3.83. The molecule has 0 radical (unpaired) electrons. The van der Waals surface area contributed by atoms with Crippen molar-refractivity contribution in [2.75, 3.05) is 32.8 Å². The van der Waals surface area contributed by atoms with Gasteiger partial charge in [-0.3, -0.25) is 9.69 Å². The minimum atomic E-state index is 0.0909. The first kappa shape index (κ1) is 16.0. The molecule has 1 saturated heterocycles. The average molecular weight is 294 g/mol. The number of hydrogen-bond donors (Lipinski definition) is 1. The van der Waals surface area contributed by atoms with Gasteiger partial charge in [0.05, 0.1) is 19.3 Å². The van der Waals surface area contributed by atoms with Crippen molar-refractivity contribution < 1.29 is 13.9 Å². The van der Waals surface area contributed by atoms with Crippen molar-refractivity contribution in [3.8, 4) is 0 Å². The lowest BCUT2D eigenvalue weighted by Gasteiger charge is -2.33. The van der Waals surface area contributed by atoms with E-state index in [1.54, 1.807) is 0 Å². The fraction of sp³-hybridized carbons (Fsp3) is 0.688. The summed E-state index contributed by atoms with van der Waals surface area (Å²) in [6.45, 7) is 7.84. The number of hydrogen-bond acceptors (Lipinski definition) is 4. The molecule has 118 valence electrons. The molecule has 21 heavy (non-hydrogen) atoms. The van der Waals surface area contributed by atoms with Crippen LogP contribution in [0.4, 0.5) is 0 Å². The van der Waals surface area contributed by atoms with Crippen LogP contribution in [0.15, 0.2) is 16.5 Å². The number of carbonyl (C=O) groups excluding carboxylic acids is 1. The predicted molar refractivity (Wildman–Crippen MR) is 81.1 cm³/mol. The van der Waals surface area contributed by atoms with Crippen LogP contribution in [0.3, 0.4) is 0 Å². The van der Waals surface area contributed by atoms with E-state index in [0.717, 1.165) is 50.7 Å². The van der Waals surface area contributed by atoms with Crippen LogP contribution in [0.2, 0.25) is 0 Å². The minimum Gasteiger partial charge on any atom is -0.465 e. The second-order valence-electron chi connectivity index (χ2n) is 5.52. The SMILES string of the molecule is CCCCC(=O)NCC(c1ccc(C)o1)N1CCOCC1. The number of furan rings is 1. The highest BCUT2D eigenvalue weighted by molar-refractivity contribution is 5.75. The fourth-order valence-corrected chi connectivity index (χ4v) is 2.57. The molecule has 1 unspecified atom stereocenters. The zero-order chi connectivity index (χ0) is 15.1. The zero-order valence-corrected chi connectivity index (χ0v) is 13.1. The second-order valence-corrected chi connectivity index (χ2v) is 5.52. The Labute approximate surface area is 126 Å². The minimum absolute atomic E-state index is 0.0909. The molecule has 0 aromatic carbocycles. The van der Waals surface area contributed by atoms with Gasteiger partial charge in [-0.05, 0) is 25.5 Å². The normalized spacial score (nSPS) is 17.6. The molecule has 0 saturated carbocycles. The number of nitrogens with zero attached hydrogens (tertiary/aromatic N) is 1. The van der Waals surface area contributed by atoms with E-state index < -0.39 is 0 Å². The van der Waals surface area contributed by atoms with E-state index in [9.17, 15) is 4.79 Å². The lowest BCUT2D eigenvalue weighted by atomic mass is 10.1. The van der Waals surface area contributed by atoms with Crippen LogP contribution in [0.5, 0.6) is 0 Å². The monoisotopic (exact) mass is 294 g/mol. The highest BCUT2D eigenvalue weighted by atomic mass is 16.5. The van der Waals surface area contributed by atoms with Crippen LogP contribution in [-0.2, 0) is 9.53 Å². The zero-order valence-electron chi connectivity index (χ0n) is 13.1. The van der Waals surface area contributed by atoms with Gasteiger partial charge in [-0.1, -0.05) is 13.3 Å². The van der Waals surface area contributed by atoms with Gasteiger partial charge in [0.2, 0.25) is 5.91 Å². The Morgan fingerprint density at radius 2 is 2.14 bits per heavy atom. The summed E-state index contributed by atoms with van der Waals surface area (Å²) in [5, 5.41) is 3.04. The van der Waals surface area contributed by atoms with Gasteiger partial charge in [0.15, 0.2) is 0 Å². The molecular weight excluding hydrogens is 268 g/mol. The highest BCUT2D eigenvalue weighted by Crippen LogP contribution is 2.23. The lowest BCUT2D eigenvalue weighted by molar-refractivity contribution is -0.121. The predicted octanol–water partition coefficient (Wildman–Crippen LogP) is 2.27. The van der Waals surface area contributed by atoms with Gasteiger partial charge in [-0.25, -0.2) is 0 Å². The average Bonchev–Trinajstić information content (AvgIpc) is 2.93. The Hall–Kier alpha value is -1.33. The molecule has 2 rings (SSSR count). The Balaban J connectivity index is 1.96. The van der Waals surface area contributed by atoms with Crippen molar-refractivity contribution in [1.29, 1.82) is 0 Å². The van der Waals surface area contributed by atoms with E-state index in [-0.39, 0.29) is 11.9 Å². The van der Waals surface area contributed by atoms with E-state index >= 15 is 0 Å². The standard InChI is InChI=1S/C16H26N2O3/c1-3-4-5-16(19)17-12-14(15-7-6-13(2)21-15)18-8-10-20-11-9-18/h6-7,14H,3-5,8-12H2,1-2H3,(H,17,19). The number of ether oxygens (including phenoxy) is 1. The molecule has 1 N–H and O–H groups in total. The van der Waals surface area contributed by atoms with E-state index in [1.165, 1.54) is 0 Å². The molecule has 0 aliphatic carbocycles. The van der Waals surface area contributed by atoms with Crippen LogP contribution in [0.1, 0.15) is 43.7 Å². The maximum absolute atomic E-state index is 11.8. The van der Waals surface area contributed by atoms with Crippen LogP contribution in [0, 0.1) is 6.92 Å². The first-order chi connectivity index (χ1) is 10.2. The summed E-state index contributed by atoms with van der Waals surface area (Å²) in [7, 11) is 0. The van der Waals surface area contributed by atoms with Crippen LogP contribution >= 0.6 is 0 Å². The van der Waals surface area contributed by atoms with Crippen molar-refractivity contribution in [3.05, 3.63) is 23.7 Å². The van der Waals surface area contributed by atoms with Gasteiger partial charge in [0.25, 0.3) is 0 Å². The van der Waals surface area contributed by atoms with Gasteiger partial charge in [-0.15, -0.1) is 0 Å². The summed E-state index contributed by atoms with van der Waals surface area (Å²) in [4.78, 5) is 14.2. The number of morpholine rings is 1. The van der Waals surface area contributed by atoms with Crippen LogP contribution in [0.25, 0.3) is 0 Å². The highest BCUT2D eigenvalue weighted by Gasteiger charge is 2.25. The van der Waals surface area contributed by atoms with Crippen LogP contribution in [-0.4, -0.2) is 43.7 Å². The Bertz CT molecular complexity index is 438. The maximum atomic E-state index is 11.8. The number of rotatable bonds is 7. The molecule has 1 aromatic rings. The van der Waals surface area contributed by atoms with E-state index in [0.29, 0.717) is 13.0 Å². The van der Waals surface area contributed by atoms with Gasteiger partial charge in [-0.2, -0.15) is 0 Å². The molecule has 1 aromatic heterocycles. The molecule has 0 bridgehead atoms. The first-order valence-corrected chi connectivity index (χ1v) is 7.85. The van der Waals surface area contributed by atoms with E-state index in [2.05, 4.69) is 17.1 Å². The molecular formula is C16H26N2O3. The fourth-order valence-electron chi connectivity index (χ4n) is 2.57. The molecule has 1 aliphatic heterocycles. The second kappa shape index (κ2) is 8.20. The molecule has 1 aliphatic rings. The van der Waals surface area contributed by atoms with Crippen molar-refractivity contribution in [3.63, 3.8) is 0 Å². The van der Waals surface area contributed by atoms with E-state index in [4.69, 9.17) is 9.15 Å². The van der Waals surface area contributed by atoms with Gasteiger partial charge >= 0.3 is 0 Å². The van der Waals surface area contributed by atoms with Crippen LogP contribution < -0.4 is 5.32 Å². The largest absolute Gasteiger partial charge is 0.465 e. The topological polar surface area (TPSA) is 54.7 Å². The Morgan fingerprint density at radius 1 is 1.38 bits per heavy atom. The summed E-state index contributed by atoms with van der Waals surface area (Å²) in [6.07, 6.45) is 2.58. The number of aryl methyl sites for hydroxylation is 1. The maximum Gasteiger partial charge on any atom is 0.220 e. The summed E-state index contributed by atoms with van der Waals surface area (Å²) >= 11 is 0. The van der Waals surface area contributed by atoms with Crippen molar-refractivity contribution in [2.24, 2.45) is 0 Å². The molecule has 2 heterocycles. The van der Waals surface area contributed by atoms with Crippen molar-refractivity contribution in [2.45, 2.75) is 39.2 Å². The third-order valence-electron chi connectivity index (χ3n) is 3.83. The summed E-state index contributed by atoms with van der Waals surface area (Å²) in [5.41, 5.74) is 0. The van der Waals surface area contributed by atoms with Crippen molar-refractivity contribution >= 4 is 5.91 Å². The molecule has 5 heteroatoms. The first-order valence-electron chi connectivity index (χ1n) is 7.85. The van der Waals surface area contributed by atoms with Gasteiger partial charge < -0.3 is 14.5 Å². The summed E-state index contributed by atoms with van der Waals surface area (Å²) in [6, 6.07) is 4.07. The molecule has 1 fully saturated rings. The Kier molecular flexibility index (Phi) is 6.26. The summed E-state index contributed by atoms with van der Waals surface area (Å²) < 4.78 is 11.2. The number of nitrogens with one attached hydrogen (secondary N) is 1. The van der Waals surface area contributed by atoms with E-state index in [1.807, 2.05) is 19.1 Å². The third kappa shape index (κ3) is 4.86. The number of carbonyl (C=O) groups is 1. The molecule has 1 amide bonds. The van der Waals surface area contributed by atoms with Gasteiger partial charge in [0.1, 0.15) is 11.5 Å². The Morgan fingerprint density at radius 3 is 2.76 bits per heavy atom. The smallest absolute Gasteiger partial charge is 0.220 e.